The second-order valence-electron chi connectivity index (χ2n) is 5.16. The van der Waals surface area contributed by atoms with Gasteiger partial charge in [-0.1, -0.05) is 40.5 Å². The average Bonchev–Trinajstić information content (AvgIpc) is 2.51. The lowest BCUT2D eigenvalue weighted by atomic mass is 10.0. The smallest absolute Gasteiger partial charge is 0.388 e. The van der Waals surface area contributed by atoms with Crippen LogP contribution in [0.5, 0.6) is 0 Å². The first-order valence-corrected chi connectivity index (χ1v) is 7.77. The standard InChI is InChI=1S/C17H14Cl2F3NO/c1-10(15-9-14(19)7-8-16(15)17(20,21)22)23-24-11(2)12-3-5-13(18)6-4-12/h3-9,11H,1-2H3. The van der Waals surface area contributed by atoms with Crippen molar-refractivity contribution in [3.63, 3.8) is 0 Å². The van der Waals surface area contributed by atoms with Gasteiger partial charge in [-0.3, -0.25) is 0 Å². The number of oxime groups is 1. The third-order valence-corrected chi connectivity index (χ3v) is 3.85. The van der Waals surface area contributed by atoms with E-state index in [0.29, 0.717) is 5.02 Å². The van der Waals surface area contributed by atoms with Crippen LogP contribution in [0.2, 0.25) is 10.0 Å². The van der Waals surface area contributed by atoms with Crippen molar-refractivity contribution in [2.24, 2.45) is 5.16 Å². The maximum atomic E-state index is 13.1. The van der Waals surface area contributed by atoms with E-state index < -0.39 is 17.8 Å². The van der Waals surface area contributed by atoms with E-state index in [2.05, 4.69) is 5.16 Å². The van der Waals surface area contributed by atoms with Crippen molar-refractivity contribution in [1.29, 1.82) is 0 Å². The Bertz CT molecular complexity index is 742. The van der Waals surface area contributed by atoms with Crippen molar-refractivity contribution >= 4 is 28.9 Å². The van der Waals surface area contributed by atoms with Crippen molar-refractivity contribution in [1.82, 2.24) is 0 Å². The molecule has 128 valence electrons. The summed E-state index contributed by atoms with van der Waals surface area (Å²) in [7, 11) is 0. The van der Waals surface area contributed by atoms with Gasteiger partial charge in [-0.25, -0.2) is 0 Å². The van der Waals surface area contributed by atoms with Gasteiger partial charge in [-0.2, -0.15) is 13.2 Å². The van der Waals surface area contributed by atoms with Gasteiger partial charge in [0.2, 0.25) is 0 Å². The molecule has 0 spiro atoms. The number of hydrogen-bond acceptors (Lipinski definition) is 2. The summed E-state index contributed by atoms with van der Waals surface area (Å²) in [5.41, 5.74) is -0.0297. The fourth-order valence-electron chi connectivity index (χ4n) is 2.06. The summed E-state index contributed by atoms with van der Waals surface area (Å²) in [6.07, 6.45) is -4.94. The van der Waals surface area contributed by atoms with Crippen LogP contribution in [0.15, 0.2) is 47.6 Å². The normalized spacial score (nSPS) is 13.7. The first-order valence-electron chi connectivity index (χ1n) is 7.01. The number of nitrogens with zero attached hydrogens (tertiary/aromatic N) is 1. The van der Waals surface area contributed by atoms with Crippen LogP contribution in [0.25, 0.3) is 0 Å². The van der Waals surface area contributed by atoms with Gasteiger partial charge in [0.1, 0.15) is 6.10 Å². The van der Waals surface area contributed by atoms with Gasteiger partial charge in [0, 0.05) is 15.6 Å². The molecule has 2 aromatic rings. The predicted octanol–water partition coefficient (Wildman–Crippen LogP) is 6.51. The molecule has 24 heavy (non-hydrogen) atoms. The molecular weight excluding hydrogens is 362 g/mol. The molecule has 0 fully saturated rings. The molecule has 0 aliphatic heterocycles. The monoisotopic (exact) mass is 375 g/mol. The summed E-state index contributed by atoms with van der Waals surface area (Å²) < 4.78 is 39.3. The molecule has 2 nitrogen and oxygen atoms in total. The van der Waals surface area contributed by atoms with Gasteiger partial charge in [0.05, 0.1) is 11.3 Å². The summed E-state index contributed by atoms with van der Waals surface area (Å²) in [6.45, 7) is 3.18. The summed E-state index contributed by atoms with van der Waals surface area (Å²) >= 11 is 11.6. The highest BCUT2D eigenvalue weighted by molar-refractivity contribution is 6.31. The number of hydrogen-bond donors (Lipinski definition) is 0. The van der Waals surface area contributed by atoms with E-state index in [9.17, 15) is 13.2 Å². The average molecular weight is 376 g/mol. The summed E-state index contributed by atoms with van der Waals surface area (Å²) in [6, 6.07) is 10.3. The van der Waals surface area contributed by atoms with Gasteiger partial charge < -0.3 is 4.84 Å². The van der Waals surface area contributed by atoms with Crippen LogP contribution in [-0.4, -0.2) is 5.71 Å². The summed E-state index contributed by atoms with van der Waals surface area (Å²) in [5, 5.41) is 4.61. The lowest BCUT2D eigenvalue weighted by Crippen LogP contribution is -2.12. The minimum atomic E-state index is -4.50. The highest BCUT2D eigenvalue weighted by Gasteiger charge is 2.34. The Hall–Kier alpha value is -1.72. The van der Waals surface area contributed by atoms with Crippen LogP contribution < -0.4 is 0 Å². The van der Waals surface area contributed by atoms with E-state index >= 15 is 0 Å². The van der Waals surface area contributed by atoms with Crippen LogP contribution >= 0.6 is 23.2 Å². The van der Waals surface area contributed by atoms with Crippen LogP contribution in [0.4, 0.5) is 13.2 Å². The highest BCUT2D eigenvalue weighted by Crippen LogP contribution is 2.34. The van der Waals surface area contributed by atoms with Gasteiger partial charge in [-0.05, 0) is 49.7 Å². The third-order valence-electron chi connectivity index (χ3n) is 3.36. The van der Waals surface area contributed by atoms with Crippen LogP contribution in [0.1, 0.15) is 36.6 Å². The van der Waals surface area contributed by atoms with E-state index in [1.54, 1.807) is 31.2 Å². The molecule has 0 radical (unpaired) electrons. The van der Waals surface area contributed by atoms with E-state index in [0.717, 1.165) is 11.6 Å². The molecule has 0 aliphatic rings. The lowest BCUT2D eigenvalue weighted by molar-refractivity contribution is -0.137. The maximum absolute atomic E-state index is 13.1. The van der Waals surface area contributed by atoms with Crippen molar-refractivity contribution in [3.05, 3.63) is 69.2 Å². The van der Waals surface area contributed by atoms with Crippen molar-refractivity contribution in [3.8, 4) is 0 Å². The fourth-order valence-corrected chi connectivity index (χ4v) is 2.36. The first-order chi connectivity index (χ1) is 11.2. The van der Waals surface area contributed by atoms with Gasteiger partial charge >= 0.3 is 6.18 Å². The Balaban J connectivity index is 2.25. The molecule has 0 saturated heterocycles. The van der Waals surface area contributed by atoms with Crippen LogP contribution in [0, 0.1) is 0 Å². The molecule has 2 aromatic carbocycles. The first kappa shape index (κ1) is 18.6. The minimum absolute atomic E-state index is 0.0886. The number of alkyl halides is 3. The molecule has 0 aromatic heterocycles. The molecule has 0 N–H and O–H groups in total. The molecular formula is C17H14Cl2F3NO. The Morgan fingerprint density at radius 3 is 2.21 bits per heavy atom. The van der Waals surface area contributed by atoms with Crippen LogP contribution in [0.3, 0.4) is 0 Å². The van der Waals surface area contributed by atoms with Crippen molar-refractivity contribution < 1.29 is 18.0 Å². The Kier molecular flexibility index (Phi) is 5.78. The minimum Gasteiger partial charge on any atom is -0.388 e. The zero-order valence-corrected chi connectivity index (χ0v) is 14.4. The predicted molar refractivity (Wildman–Crippen MR) is 89.6 cm³/mol. The van der Waals surface area contributed by atoms with Gasteiger partial charge in [-0.15, -0.1) is 0 Å². The largest absolute Gasteiger partial charge is 0.417 e. The number of benzene rings is 2. The Morgan fingerprint density at radius 1 is 1.04 bits per heavy atom. The zero-order chi connectivity index (χ0) is 17.9. The molecule has 7 heteroatoms. The van der Waals surface area contributed by atoms with E-state index in [-0.39, 0.29) is 16.3 Å². The highest BCUT2D eigenvalue weighted by atomic mass is 35.5. The van der Waals surface area contributed by atoms with Gasteiger partial charge in [0.25, 0.3) is 0 Å². The second-order valence-corrected chi connectivity index (χ2v) is 6.04. The molecule has 0 amide bonds. The molecule has 1 unspecified atom stereocenters. The Morgan fingerprint density at radius 2 is 1.62 bits per heavy atom. The van der Waals surface area contributed by atoms with Gasteiger partial charge in [0.15, 0.2) is 0 Å². The molecule has 1 atom stereocenters. The molecule has 0 heterocycles. The molecule has 0 aliphatic carbocycles. The van der Waals surface area contributed by atoms with E-state index in [4.69, 9.17) is 28.0 Å². The third kappa shape index (κ3) is 4.65. The zero-order valence-electron chi connectivity index (χ0n) is 12.9. The lowest BCUT2D eigenvalue weighted by Gasteiger charge is -2.14. The van der Waals surface area contributed by atoms with E-state index in [1.807, 2.05) is 0 Å². The quantitative estimate of drug-likeness (QED) is 0.440. The number of halogens is 5. The fraction of sp³-hybridized carbons (Fsp3) is 0.235. The molecule has 0 bridgehead atoms. The van der Waals surface area contributed by atoms with Crippen molar-refractivity contribution in [2.75, 3.05) is 0 Å². The molecule has 2 rings (SSSR count). The maximum Gasteiger partial charge on any atom is 0.417 e. The Labute approximate surface area is 147 Å². The molecule has 0 saturated carbocycles. The number of rotatable bonds is 4. The SMILES string of the molecule is CC(=NOC(C)c1ccc(Cl)cc1)c1cc(Cl)ccc1C(F)(F)F. The summed E-state index contributed by atoms with van der Waals surface area (Å²) in [4.78, 5) is 5.33. The topological polar surface area (TPSA) is 21.6 Å². The van der Waals surface area contributed by atoms with Crippen molar-refractivity contribution in [2.45, 2.75) is 26.1 Å². The summed E-state index contributed by atoms with van der Waals surface area (Å²) in [5.74, 6) is 0. The second kappa shape index (κ2) is 7.45. The van der Waals surface area contributed by atoms with Crippen LogP contribution in [-0.2, 0) is 11.0 Å². The van der Waals surface area contributed by atoms with E-state index in [1.165, 1.54) is 19.1 Å².